The van der Waals surface area contributed by atoms with Gasteiger partial charge in [-0.3, -0.25) is 9.59 Å². The lowest BCUT2D eigenvalue weighted by Gasteiger charge is -2.30. The molecule has 1 atom stereocenters. The van der Waals surface area contributed by atoms with E-state index in [1.165, 1.54) is 11.3 Å². The number of piperidine rings is 1. The van der Waals surface area contributed by atoms with E-state index in [2.05, 4.69) is 31.9 Å². The molecule has 1 aromatic heterocycles. The predicted octanol–water partition coefficient (Wildman–Crippen LogP) is 3.21. The largest absolute Gasteiger partial charge is 0.481 e. The smallest absolute Gasteiger partial charge is 0.308 e. The van der Waals surface area contributed by atoms with Crippen molar-refractivity contribution in [2.75, 3.05) is 13.1 Å². The van der Waals surface area contributed by atoms with Crippen LogP contribution in [0.25, 0.3) is 0 Å². The Bertz CT molecular complexity index is 469. The summed E-state index contributed by atoms with van der Waals surface area (Å²) in [7, 11) is 0. The lowest BCUT2D eigenvalue weighted by Crippen LogP contribution is -2.42. The lowest BCUT2D eigenvalue weighted by molar-refractivity contribution is -0.143. The van der Waals surface area contributed by atoms with Crippen LogP contribution in [0.5, 0.6) is 0 Å². The third-order valence-electron chi connectivity index (χ3n) is 2.91. The standard InChI is InChI=1S/C11H11Br2NO3S/c12-7-4-8(18-9(7)13)10(15)14-3-1-2-6(5-14)11(16)17/h4,6H,1-3,5H2,(H,16,17)/t6-/m0/s1. The fourth-order valence-electron chi connectivity index (χ4n) is 1.97. The molecule has 2 rings (SSSR count). The SMILES string of the molecule is O=C(O)[C@H]1CCCN(C(=O)c2cc(Br)c(Br)s2)C1. The molecule has 18 heavy (non-hydrogen) atoms. The lowest BCUT2D eigenvalue weighted by atomic mass is 9.98. The average Bonchev–Trinajstić information content (AvgIpc) is 2.69. The molecule has 0 saturated carbocycles. The summed E-state index contributed by atoms with van der Waals surface area (Å²) in [6, 6.07) is 1.77. The Morgan fingerprint density at radius 3 is 2.72 bits per heavy atom. The fourth-order valence-corrected chi connectivity index (χ4v) is 3.97. The van der Waals surface area contributed by atoms with Crippen molar-refractivity contribution < 1.29 is 14.7 Å². The molecule has 1 saturated heterocycles. The van der Waals surface area contributed by atoms with Crippen molar-refractivity contribution in [3.63, 3.8) is 0 Å². The van der Waals surface area contributed by atoms with Crippen LogP contribution in [0.2, 0.25) is 0 Å². The van der Waals surface area contributed by atoms with Crippen molar-refractivity contribution >= 4 is 55.1 Å². The van der Waals surface area contributed by atoms with Gasteiger partial charge in [-0.15, -0.1) is 11.3 Å². The Labute approximate surface area is 125 Å². The van der Waals surface area contributed by atoms with Crippen LogP contribution in [0.15, 0.2) is 14.3 Å². The van der Waals surface area contributed by atoms with E-state index in [9.17, 15) is 9.59 Å². The summed E-state index contributed by atoms with van der Waals surface area (Å²) in [5, 5.41) is 9.01. The second-order valence-corrected chi connectivity index (χ2v) is 7.39. The molecule has 1 aromatic rings. The van der Waals surface area contributed by atoms with Gasteiger partial charge in [-0.1, -0.05) is 0 Å². The normalized spacial score (nSPS) is 19.9. The van der Waals surface area contributed by atoms with Gasteiger partial charge in [0.1, 0.15) is 0 Å². The van der Waals surface area contributed by atoms with Crippen LogP contribution in [0.1, 0.15) is 22.5 Å². The summed E-state index contributed by atoms with van der Waals surface area (Å²) in [4.78, 5) is 25.5. The van der Waals surface area contributed by atoms with Crippen molar-refractivity contribution in [1.29, 1.82) is 0 Å². The molecule has 4 nitrogen and oxygen atoms in total. The Balaban J connectivity index is 2.11. The number of nitrogens with zero attached hydrogens (tertiary/aromatic N) is 1. The Kier molecular flexibility index (Phi) is 4.45. The van der Waals surface area contributed by atoms with Crippen LogP contribution < -0.4 is 0 Å². The molecule has 0 bridgehead atoms. The van der Waals surface area contributed by atoms with Gasteiger partial charge in [0, 0.05) is 17.6 Å². The molecule has 1 aliphatic heterocycles. The van der Waals surface area contributed by atoms with E-state index < -0.39 is 11.9 Å². The molecule has 7 heteroatoms. The van der Waals surface area contributed by atoms with Gasteiger partial charge in [0.15, 0.2) is 0 Å². The molecule has 1 fully saturated rings. The first-order chi connectivity index (χ1) is 8.49. The molecule has 0 unspecified atom stereocenters. The number of hydrogen-bond acceptors (Lipinski definition) is 3. The number of hydrogen-bond donors (Lipinski definition) is 1. The second-order valence-electron chi connectivity index (χ2n) is 4.16. The average molecular weight is 397 g/mol. The Morgan fingerprint density at radius 1 is 1.44 bits per heavy atom. The van der Waals surface area contributed by atoms with E-state index in [-0.39, 0.29) is 5.91 Å². The molecular formula is C11H11Br2NO3S. The summed E-state index contributed by atoms with van der Waals surface area (Å²) in [6.07, 6.45) is 1.40. The van der Waals surface area contributed by atoms with Crippen LogP contribution in [-0.2, 0) is 4.79 Å². The number of carbonyl (C=O) groups is 2. The summed E-state index contributed by atoms with van der Waals surface area (Å²) >= 11 is 8.05. The maximum Gasteiger partial charge on any atom is 0.308 e. The maximum absolute atomic E-state index is 12.2. The van der Waals surface area contributed by atoms with E-state index in [0.717, 1.165) is 14.7 Å². The van der Waals surface area contributed by atoms with Crippen molar-refractivity contribution in [3.05, 3.63) is 19.2 Å². The van der Waals surface area contributed by atoms with Gasteiger partial charge >= 0.3 is 5.97 Å². The van der Waals surface area contributed by atoms with E-state index in [4.69, 9.17) is 5.11 Å². The van der Waals surface area contributed by atoms with Gasteiger partial charge < -0.3 is 10.0 Å². The zero-order valence-electron chi connectivity index (χ0n) is 9.36. The monoisotopic (exact) mass is 395 g/mol. The number of aliphatic carboxylic acids is 1. The predicted molar refractivity (Wildman–Crippen MR) is 76.0 cm³/mol. The first kappa shape index (κ1) is 14.0. The van der Waals surface area contributed by atoms with Gasteiger partial charge in [-0.05, 0) is 50.8 Å². The quantitative estimate of drug-likeness (QED) is 0.834. The highest BCUT2D eigenvalue weighted by atomic mass is 79.9. The van der Waals surface area contributed by atoms with Crippen LogP contribution in [0.4, 0.5) is 0 Å². The summed E-state index contributed by atoms with van der Waals surface area (Å²) in [6.45, 7) is 0.942. The second kappa shape index (κ2) is 5.71. The number of carboxylic acid groups (broad SMARTS) is 1. The molecule has 0 aromatic carbocycles. The van der Waals surface area contributed by atoms with Crippen molar-refractivity contribution in [3.8, 4) is 0 Å². The highest BCUT2D eigenvalue weighted by Gasteiger charge is 2.29. The van der Waals surface area contributed by atoms with Crippen LogP contribution in [-0.4, -0.2) is 35.0 Å². The number of halogens is 2. The van der Waals surface area contributed by atoms with Crippen LogP contribution >= 0.6 is 43.2 Å². The minimum absolute atomic E-state index is 0.0858. The summed E-state index contributed by atoms with van der Waals surface area (Å²) in [5.74, 6) is -1.34. The molecule has 1 N–H and O–H groups in total. The van der Waals surface area contributed by atoms with Gasteiger partial charge in [0.2, 0.25) is 0 Å². The molecular weight excluding hydrogens is 386 g/mol. The Morgan fingerprint density at radius 2 is 2.17 bits per heavy atom. The molecule has 1 aliphatic rings. The van der Waals surface area contributed by atoms with Gasteiger partial charge in [0.25, 0.3) is 5.91 Å². The number of amides is 1. The summed E-state index contributed by atoms with van der Waals surface area (Å²) in [5.41, 5.74) is 0. The van der Waals surface area contributed by atoms with Crippen LogP contribution in [0.3, 0.4) is 0 Å². The molecule has 0 radical (unpaired) electrons. The van der Waals surface area contributed by atoms with Gasteiger partial charge in [0.05, 0.1) is 14.6 Å². The molecule has 1 amide bonds. The third-order valence-corrected chi connectivity index (χ3v) is 6.16. The minimum Gasteiger partial charge on any atom is -0.481 e. The van der Waals surface area contributed by atoms with Gasteiger partial charge in [-0.2, -0.15) is 0 Å². The number of carboxylic acids is 1. The van der Waals surface area contributed by atoms with E-state index >= 15 is 0 Å². The Hall–Kier alpha value is -0.400. The van der Waals surface area contributed by atoms with Crippen LogP contribution in [0, 0.1) is 5.92 Å². The maximum atomic E-state index is 12.2. The summed E-state index contributed by atoms with van der Waals surface area (Å²) < 4.78 is 1.72. The number of rotatable bonds is 2. The topological polar surface area (TPSA) is 57.6 Å². The zero-order chi connectivity index (χ0) is 13.3. The van der Waals surface area contributed by atoms with Crippen molar-refractivity contribution in [2.24, 2.45) is 5.92 Å². The zero-order valence-corrected chi connectivity index (χ0v) is 13.3. The molecule has 2 heterocycles. The third kappa shape index (κ3) is 2.95. The van der Waals surface area contributed by atoms with E-state index in [1.54, 1.807) is 11.0 Å². The van der Waals surface area contributed by atoms with E-state index in [0.29, 0.717) is 24.4 Å². The first-order valence-corrected chi connectivity index (χ1v) is 7.86. The van der Waals surface area contributed by atoms with Gasteiger partial charge in [-0.25, -0.2) is 0 Å². The number of thiophene rings is 1. The van der Waals surface area contributed by atoms with Crippen molar-refractivity contribution in [2.45, 2.75) is 12.8 Å². The van der Waals surface area contributed by atoms with E-state index in [1.807, 2.05) is 0 Å². The highest BCUT2D eigenvalue weighted by Crippen LogP contribution is 2.33. The number of carbonyl (C=O) groups excluding carboxylic acids is 1. The highest BCUT2D eigenvalue weighted by molar-refractivity contribution is 9.13. The fraction of sp³-hybridized carbons (Fsp3) is 0.455. The first-order valence-electron chi connectivity index (χ1n) is 5.46. The molecule has 0 spiro atoms. The molecule has 0 aliphatic carbocycles. The van der Waals surface area contributed by atoms with Crippen molar-refractivity contribution in [1.82, 2.24) is 4.90 Å². The minimum atomic E-state index is -0.818. The number of likely N-dealkylation sites (tertiary alicyclic amines) is 1. The molecule has 98 valence electrons.